The number of aliphatic hydroxyl groups is 2. The minimum absolute atomic E-state index is 0.0309. The molecule has 3 aliphatic rings. The van der Waals surface area contributed by atoms with Gasteiger partial charge in [-0.1, -0.05) is 59.2 Å². The molecule has 0 unspecified atom stereocenters. The molecule has 1 heterocycles. The molecule has 1 fully saturated rings. The van der Waals surface area contributed by atoms with Crippen molar-refractivity contribution in [2.45, 2.75) is 90.6 Å². The standard InChI is InChI=1S/C32H48N2O6/c1-19(2)12-14-34(28(36)18-39-27-16-21(5)10-11-22(27)20(3)4)25-17-24(32(38)33-13-15-35)29-23-8-6-7-9-26(23)40-31(29)30(25)37/h6-9,17,19-22,25,27,29-31,35,37H,10-16,18H2,1-5H3,(H,33,38)/t21-,22+,25+,27-,29-,30-,31-/m0/s1. The van der Waals surface area contributed by atoms with E-state index in [1.807, 2.05) is 24.3 Å². The molecular weight excluding hydrogens is 508 g/mol. The Morgan fingerprint density at radius 3 is 2.62 bits per heavy atom. The number of carbonyl (C=O) groups excluding carboxylic acids is 2. The summed E-state index contributed by atoms with van der Waals surface area (Å²) in [7, 11) is 0. The predicted molar refractivity (Wildman–Crippen MR) is 154 cm³/mol. The van der Waals surface area contributed by atoms with Crippen molar-refractivity contribution in [1.29, 1.82) is 0 Å². The molecular formula is C32H48N2O6. The molecule has 0 bridgehead atoms. The molecule has 8 heteroatoms. The van der Waals surface area contributed by atoms with E-state index in [-0.39, 0.29) is 37.7 Å². The van der Waals surface area contributed by atoms with Crippen LogP contribution >= 0.6 is 0 Å². The van der Waals surface area contributed by atoms with Crippen LogP contribution in [0.25, 0.3) is 0 Å². The largest absolute Gasteiger partial charge is 0.486 e. The summed E-state index contributed by atoms with van der Waals surface area (Å²) in [6.07, 6.45) is 4.01. The molecule has 1 aromatic carbocycles. The monoisotopic (exact) mass is 556 g/mol. The normalized spacial score (nSPS) is 29.4. The first-order valence-electron chi connectivity index (χ1n) is 15.1. The van der Waals surface area contributed by atoms with Gasteiger partial charge in [0, 0.05) is 24.2 Å². The first-order valence-corrected chi connectivity index (χ1v) is 15.1. The lowest BCUT2D eigenvalue weighted by molar-refractivity contribution is -0.147. The molecule has 222 valence electrons. The van der Waals surface area contributed by atoms with E-state index in [4.69, 9.17) is 9.47 Å². The van der Waals surface area contributed by atoms with Crippen LogP contribution in [0.4, 0.5) is 0 Å². The van der Waals surface area contributed by atoms with E-state index >= 15 is 0 Å². The summed E-state index contributed by atoms with van der Waals surface area (Å²) < 4.78 is 12.5. The number of para-hydroxylation sites is 1. The Balaban J connectivity index is 1.61. The fraction of sp³-hybridized carbons (Fsp3) is 0.688. The van der Waals surface area contributed by atoms with Crippen molar-refractivity contribution in [2.75, 3.05) is 26.3 Å². The maximum absolute atomic E-state index is 13.8. The molecule has 7 atom stereocenters. The molecule has 4 rings (SSSR count). The molecule has 0 aromatic heterocycles. The third-order valence-corrected chi connectivity index (χ3v) is 8.89. The highest BCUT2D eigenvalue weighted by molar-refractivity contribution is 5.96. The number of carbonyl (C=O) groups is 2. The van der Waals surface area contributed by atoms with Gasteiger partial charge in [-0.3, -0.25) is 9.59 Å². The number of ether oxygens (including phenoxy) is 2. The van der Waals surface area contributed by atoms with Gasteiger partial charge in [0.1, 0.15) is 24.6 Å². The van der Waals surface area contributed by atoms with Crippen molar-refractivity contribution in [1.82, 2.24) is 10.2 Å². The molecule has 1 saturated carbocycles. The maximum atomic E-state index is 13.8. The Hall–Kier alpha value is -2.42. The number of hydrogen-bond donors (Lipinski definition) is 3. The summed E-state index contributed by atoms with van der Waals surface area (Å²) in [6.45, 7) is 11.2. The van der Waals surface area contributed by atoms with Gasteiger partial charge in [-0.2, -0.15) is 0 Å². The van der Waals surface area contributed by atoms with E-state index in [2.05, 4.69) is 39.9 Å². The lowest BCUT2D eigenvalue weighted by atomic mass is 9.75. The zero-order chi connectivity index (χ0) is 29.0. The summed E-state index contributed by atoms with van der Waals surface area (Å²) in [6, 6.07) is 6.75. The third kappa shape index (κ3) is 6.72. The van der Waals surface area contributed by atoms with Gasteiger partial charge in [-0.25, -0.2) is 0 Å². The van der Waals surface area contributed by atoms with Crippen LogP contribution in [0.5, 0.6) is 5.75 Å². The highest BCUT2D eigenvalue weighted by Crippen LogP contribution is 2.47. The minimum Gasteiger partial charge on any atom is -0.486 e. The molecule has 40 heavy (non-hydrogen) atoms. The van der Waals surface area contributed by atoms with Gasteiger partial charge in [0.2, 0.25) is 11.8 Å². The third-order valence-electron chi connectivity index (χ3n) is 8.89. The average molecular weight is 557 g/mol. The zero-order valence-electron chi connectivity index (χ0n) is 24.7. The number of rotatable bonds is 11. The van der Waals surface area contributed by atoms with Crippen LogP contribution in [0.2, 0.25) is 0 Å². The number of amides is 2. The molecule has 1 aromatic rings. The van der Waals surface area contributed by atoms with E-state index in [0.29, 0.717) is 41.5 Å². The van der Waals surface area contributed by atoms with Crippen molar-refractivity contribution in [3.05, 3.63) is 41.5 Å². The second-order valence-corrected chi connectivity index (χ2v) is 12.6. The molecule has 1 aliphatic heterocycles. The van der Waals surface area contributed by atoms with Crippen molar-refractivity contribution in [3.63, 3.8) is 0 Å². The van der Waals surface area contributed by atoms with E-state index < -0.39 is 24.2 Å². The van der Waals surface area contributed by atoms with Crippen LogP contribution in [-0.4, -0.2) is 77.6 Å². The van der Waals surface area contributed by atoms with Crippen LogP contribution in [0.1, 0.15) is 71.8 Å². The molecule has 2 aliphatic carbocycles. The SMILES string of the molecule is CC(C)CCN(C(=O)CO[C@H]1C[C@@H](C)CC[C@@H]1C(C)C)[C@@H]1C=C(C(=O)NCCO)[C@@H]2c3ccccc3O[C@@H]2[C@H]1O. The van der Waals surface area contributed by atoms with Gasteiger partial charge < -0.3 is 29.9 Å². The van der Waals surface area contributed by atoms with E-state index in [1.165, 1.54) is 6.42 Å². The maximum Gasteiger partial charge on any atom is 0.249 e. The second-order valence-electron chi connectivity index (χ2n) is 12.6. The number of hydrogen-bond acceptors (Lipinski definition) is 6. The molecule has 3 N–H and O–H groups in total. The lowest BCUT2D eigenvalue weighted by Crippen LogP contribution is -2.56. The fourth-order valence-corrected chi connectivity index (χ4v) is 6.60. The molecule has 2 amide bonds. The van der Waals surface area contributed by atoms with Gasteiger partial charge in [-0.05, 0) is 55.1 Å². The van der Waals surface area contributed by atoms with Crippen molar-refractivity contribution in [3.8, 4) is 5.75 Å². The number of fused-ring (bicyclic) bond motifs is 3. The Labute approximate surface area is 239 Å². The van der Waals surface area contributed by atoms with Gasteiger partial charge in [0.15, 0.2) is 0 Å². The zero-order valence-corrected chi connectivity index (χ0v) is 24.7. The van der Waals surface area contributed by atoms with Crippen molar-refractivity contribution >= 4 is 11.8 Å². The number of benzene rings is 1. The molecule has 8 nitrogen and oxygen atoms in total. The van der Waals surface area contributed by atoms with E-state index in [9.17, 15) is 19.8 Å². The lowest BCUT2D eigenvalue weighted by Gasteiger charge is -2.41. The summed E-state index contributed by atoms with van der Waals surface area (Å²) in [4.78, 5) is 28.9. The minimum atomic E-state index is -1.03. The van der Waals surface area contributed by atoms with Crippen LogP contribution in [0.3, 0.4) is 0 Å². The highest BCUT2D eigenvalue weighted by Gasteiger charge is 2.50. The van der Waals surface area contributed by atoms with Crippen molar-refractivity contribution in [2.24, 2.45) is 23.7 Å². The smallest absolute Gasteiger partial charge is 0.249 e. The summed E-state index contributed by atoms with van der Waals surface area (Å²) in [5.41, 5.74) is 1.29. The van der Waals surface area contributed by atoms with E-state index in [0.717, 1.165) is 24.8 Å². The van der Waals surface area contributed by atoms with Gasteiger partial charge in [0.25, 0.3) is 0 Å². The van der Waals surface area contributed by atoms with Crippen LogP contribution < -0.4 is 10.1 Å². The fourth-order valence-electron chi connectivity index (χ4n) is 6.60. The topological polar surface area (TPSA) is 108 Å². The second kappa shape index (κ2) is 13.5. The van der Waals surface area contributed by atoms with Crippen LogP contribution in [0, 0.1) is 23.7 Å². The Kier molecular flexibility index (Phi) is 10.3. The number of nitrogens with zero attached hydrogens (tertiary/aromatic N) is 1. The quantitative estimate of drug-likeness (QED) is 0.384. The van der Waals surface area contributed by atoms with Crippen LogP contribution in [-0.2, 0) is 14.3 Å². The molecule has 0 spiro atoms. The highest BCUT2D eigenvalue weighted by atomic mass is 16.5. The Morgan fingerprint density at radius 2 is 1.93 bits per heavy atom. The summed E-state index contributed by atoms with van der Waals surface area (Å²) in [5.74, 6) is 1.45. The Bertz CT molecular complexity index is 1060. The van der Waals surface area contributed by atoms with E-state index in [1.54, 1.807) is 11.0 Å². The van der Waals surface area contributed by atoms with Gasteiger partial charge >= 0.3 is 0 Å². The number of aliphatic hydroxyl groups excluding tert-OH is 2. The number of nitrogens with one attached hydrogen (secondary N) is 1. The summed E-state index contributed by atoms with van der Waals surface area (Å²) in [5, 5.41) is 23.7. The Morgan fingerprint density at radius 1 is 1.18 bits per heavy atom. The van der Waals surface area contributed by atoms with Crippen LogP contribution in [0.15, 0.2) is 35.9 Å². The molecule has 0 saturated heterocycles. The van der Waals surface area contributed by atoms with Crippen molar-refractivity contribution < 1.29 is 29.3 Å². The first-order chi connectivity index (χ1) is 19.1. The molecule has 0 radical (unpaired) electrons. The van der Waals surface area contributed by atoms with Gasteiger partial charge in [0.05, 0.1) is 24.7 Å². The first kappa shape index (κ1) is 30.5. The van der Waals surface area contributed by atoms with Gasteiger partial charge in [-0.15, -0.1) is 0 Å². The average Bonchev–Trinajstić information content (AvgIpc) is 3.31. The summed E-state index contributed by atoms with van der Waals surface area (Å²) >= 11 is 0. The predicted octanol–water partition coefficient (Wildman–Crippen LogP) is 3.66.